The van der Waals surface area contributed by atoms with Crippen LogP contribution in [0.1, 0.15) is 19.4 Å². The first-order valence-electron chi connectivity index (χ1n) is 12.7. The summed E-state index contributed by atoms with van der Waals surface area (Å²) in [6.45, 7) is 8.01. The molecule has 0 atom stereocenters. The summed E-state index contributed by atoms with van der Waals surface area (Å²) in [7, 11) is 1.75. The highest BCUT2D eigenvalue weighted by atomic mass is 35.5. The summed E-state index contributed by atoms with van der Waals surface area (Å²) < 4.78 is 1.57. The van der Waals surface area contributed by atoms with E-state index in [4.69, 9.17) is 21.6 Å². The normalized spacial score (nSPS) is 14.7. The molecule has 1 saturated heterocycles. The SMILES string of the molecule is Cn1cc(-c2ccc3nc(N4CCN(CC(C)(C)O)CC4)nc(NCc4cncc(Cl)c4)c3c2)ccc1=O. The van der Waals surface area contributed by atoms with Gasteiger partial charge in [-0.05, 0) is 54.8 Å². The topological polar surface area (TPSA) is 99.4 Å². The first kappa shape index (κ1) is 26.1. The Balaban J connectivity index is 1.48. The third-order valence-electron chi connectivity index (χ3n) is 6.59. The summed E-state index contributed by atoms with van der Waals surface area (Å²) in [5.74, 6) is 1.39. The van der Waals surface area contributed by atoms with Crippen molar-refractivity contribution in [2.45, 2.75) is 26.0 Å². The highest BCUT2D eigenvalue weighted by Gasteiger charge is 2.24. The van der Waals surface area contributed by atoms with Crippen LogP contribution in [0, 0.1) is 0 Å². The largest absolute Gasteiger partial charge is 0.389 e. The van der Waals surface area contributed by atoms with Crippen molar-refractivity contribution in [3.8, 4) is 11.1 Å². The van der Waals surface area contributed by atoms with Crippen molar-refractivity contribution in [3.63, 3.8) is 0 Å². The van der Waals surface area contributed by atoms with E-state index in [0.29, 0.717) is 24.1 Å². The summed E-state index contributed by atoms with van der Waals surface area (Å²) in [6, 6.07) is 11.4. The van der Waals surface area contributed by atoms with Crippen molar-refractivity contribution in [1.82, 2.24) is 24.4 Å². The molecule has 4 heterocycles. The summed E-state index contributed by atoms with van der Waals surface area (Å²) in [5.41, 5.74) is 2.90. The van der Waals surface area contributed by atoms with Gasteiger partial charge in [0.15, 0.2) is 0 Å². The van der Waals surface area contributed by atoms with Crippen LogP contribution in [-0.2, 0) is 13.6 Å². The Hall–Kier alpha value is -3.53. The van der Waals surface area contributed by atoms with Crippen molar-refractivity contribution >= 4 is 34.3 Å². The molecule has 38 heavy (non-hydrogen) atoms. The van der Waals surface area contributed by atoms with Gasteiger partial charge < -0.3 is 19.9 Å². The Morgan fingerprint density at radius 1 is 1.03 bits per heavy atom. The molecule has 0 radical (unpaired) electrons. The number of anilines is 2. The molecule has 198 valence electrons. The van der Waals surface area contributed by atoms with E-state index >= 15 is 0 Å². The Morgan fingerprint density at radius 3 is 2.50 bits per heavy atom. The zero-order valence-corrected chi connectivity index (χ0v) is 22.6. The van der Waals surface area contributed by atoms with Crippen molar-refractivity contribution in [1.29, 1.82) is 0 Å². The molecule has 0 amide bonds. The monoisotopic (exact) mass is 533 g/mol. The lowest BCUT2D eigenvalue weighted by Crippen LogP contribution is -2.50. The van der Waals surface area contributed by atoms with Crippen molar-refractivity contribution in [2.75, 3.05) is 42.9 Å². The minimum absolute atomic E-state index is 0.0531. The predicted molar refractivity (Wildman–Crippen MR) is 152 cm³/mol. The Bertz CT molecular complexity index is 1510. The zero-order chi connectivity index (χ0) is 26.9. The summed E-state index contributed by atoms with van der Waals surface area (Å²) in [4.78, 5) is 30.4. The Morgan fingerprint density at radius 2 is 1.79 bits per heavy atom. The molecule has 1 fully saturated rings. The molecule has 1 aliphatic rings. The van der Waals surface area contributed by atoms with Crippen LogP contribution >= 0.6 is 11.6 Å². The number of piperazine rings is 1. The fourth-order valence-corrected chi connectivity index (χ4v) is 4.92. The van der Waals surface area contributed by atoms with Gasteiger partial charge in [-0.2, -0.15) is 4.98 Å². The number of nitrogens with one attached hydrogen (secondary N) is 1. The van der Waals surface area contributed by atoms with Crippen LogP contribution in [0.5, 0.6) is 0 Å². The number of halogens is 1. The number of aryl methyl sites for hydroxylation is 1. The number of nitrogens with zero attached hydrogens (tertiary/aromatic N) is 6. The van der Waals surface area contributed by atoms with Crippen LogP contribution in [0.25, 0.3) is 22.0 Å². The van der Waals surface area contributed by atoms with E-state index in [-0.39, 0.29) is 5.56 Å². The molecule has 0 spiro atoms. The second kappa shape index (κ2) is 10.7. The Kier molecular flexibility index (Phi) is 7.34. The molecule has 1 aliphatic heterocycles. The van der Waals surface area contributed by atoms with Crippen LogP contribution < -0.4 is 15.8 Å². The molecule has 2 N–H and O–H groups in total. The van der Waals surface area contributed by atoms with Gasteiger partial charge in [-0.1, -0.05) is 17.7 Å². The molecule has 10 heteroatoms. The minimum Gasteiger partial charge on any atom is -0.389 e. The molecule has 4 aromatic rings. The van der Waals surface area contributed by atoms with Crippen LogP contribution in [0.15, 0.2) is 59.8 Å². The van der Waals surface area contributed by atoms with E-state index in [1.165, 1.54) is 0 Å². The number of aliphatic hydroxyl groups is 1. The number of benzene rings is 1. The predicted octanol–water partition coefficient (Wildman–Crippen LogP) is 3.55. The number of hydrogen-bond acceptors (Lipinski definition) is 8. The van der Waals surface area contributed by atoms with Crippen LogP contribution in [-0.4, -0.2) is 67.9 Å². The van der Waals surface area contributed by atoms with Crippen LogP contribution in [0.2, 0.25) is 5.02 Å². The molecule has 0 unspecified atom stereocenters. The van der Waals surface area contributed by atoms with Gasteiger partial charge in [0, 0.05) is 76.4 Å². The minimum atomic E-state index is -0.726. The van der Waals surface area contributed by atoms with Crippen LogP contribution in [0.4, 0.5) is 11.8 Å². The maximum atomic E-state index is 11.9. The highest BCUT2D eigenvalue weighted by Crippen LogP contribution is 2.29. The first-order chi connectivity index (χ1) is 18.1. The molecule has 0 bridgehead atoms. The molecule has 3 aromatic heterocycles. The molecule has 0 saturated carbocycles. The lowest BCUT2D eigenvalue weighted by atomic mass is 10.0. The van der Waals surface area contributed by atoms with Gasteiger partial charge in [0.1, 0.15) is 5.82 Å². The van der Waals surface area contributed by atoms with E-state index in [0.717, 1.165) is 59.6 Å². The number of β-amino-alcohol motifs (C(OH)–C–C–N with tert-alkyl or cyclic N) is 1. The van der Waals surface area contributed by atoms with Crippen molar-refractivity contribution < 1.29 is 5.11 Å². The van der Waals surface area contributed by atoms with Gasteiger partial charge in [0.05, 0.1) is 16.1 Å². The van der Waals surface area contributed by atoms with Gasteiger partial charge in [-0.25, -0.2) is 4.98 Å². The van der Waals surface area contributed by atoms with Gasteiger partial charge in [0.2, 0.25) is 11.5 Å². The average molecular weight is 534 g/mol. The fraction of sp³-hybridized carbons (Fsp3) is 0.357. The maximum absolute atomic E-state index is 11.9. The van der Waals surface area contributed by atoms with Crippen molar-refractivity contribution in [2.24, 2.45) is 7.05 Å². The van der Waals surface area contributed by atoms with Gasteiger partial charge >= 0.3 is 0 Å². The summed E-state index contributed by atoms with van der Waals surface area (Å²) >= 11 is 6.15. The van der Waals surface area contributed by atoms with Gasteiger partial charge in [-0.3, -0.25) is 14.7 Å². The zero-order valence-electron chi connectivity index (χ0n) is 21.9. The molecule has 5 rings (SSSR count). The number of rotatable bonds is 7. The van der Waals surface area contributed by atoms with Gasteiger partial charge in [-0.15, -0.1) is 0 Å². The smallest absolute Gasteiger partial charge is 0.250 e. The van der Waals surface area contributed by atoms with Crippen molar-refractivity contribution in [3.05, 3.63) is 75.9 Å². The lowest BCUT2D eigenvalue weighted by Gasteiger charge is -2.37. The third-order valence-corrected chi connectivity index (χ3v) is 6.80. The second-order valence-electron chi connectivity index (χ2n) is 10.4. The number of aromatic nitrogens is 4. The Labute approximate surface area is 226 Å². The third kappa shape index (κ3) is 6.12. The quantitative estimate of drug-likeness (QED) is 0.372. The number of hydrogen-bond donors (Lipinski definition) is 2. The summed E-state index contributed by atoms with van der Waals surface area (Å²) in [6.07, 6.45) is 5.22. The van der Waals surface area contributed by atoms with E-state index in [9.17, 15) is 9.90 Å². The van der Waals surface area contributed by atoms with E-state index in [1.54, 1.807) is 30.1 Å². The molecular weight excluding hydrogens is 502 g/mol. The molecule has 9 nitrogen and oxygen atoms in total. The maximum Gasteiger partial charge on any atom is 0.250 e. The molecule has 1 aromatic carbocycles. The number of pyridine rings is 2. The lowest BCUT2D eigenvalue weighted by molar-refractivity contribution is 0.0344. The molecular formula is C28H32ClN7O2. The summed E-state index contributed by atoms with van der Waals surface area (Å²) in [5, 5.41) is 15.1. The highest BCUT2D eigenvalue weighted by molar-refractivity contribution is 6.30. The van der Waals surface area contributed by atoms with E-state index in [2.05, 4.69) is 26.2 Å². The average Bonchev–Trinajstić information content (AvgIpc) is 2.88. The van der Waals surface area contributed by atoms with E-state index < -0.39 is 5.60 Å². The number of fused-ring (bicyclic) bond motifs is 1. The standard InChI is InChI=1S/C28H32ClN7O2/c1-28(2,38)18-35-8-10-36(11-9-35)27-32-24-6-4-20(21-5-7-25(37)34(3)17-21)13-23(24)26(33-27)31-15-19-12-22(29)16-30-14-19/h4-7,12-14,16-17,38H,8-11,15,18H2,1-3H3,(H,31,32,33). The molecule has 0 aliphatic carbocycles. The first-order valence-corrected chi connectivity index (χ1v) is 13.0. The second-order valence-corrected chi connectivity index (χ2v) is 10.8. The van der Waals surface area contributed by atoms with Gasteiger partial charge in [0.25, 0.3) is 0 Å². The van der Waals surface area contributed by atoms with Crippen LogP contribution in [0.3, 0.4) is 0 Å². The van der Waals surface area contributed by atoms with E-state index in [1.807, 2.05) is 44.3 Å². The fourth-order valence-electron chi connectivity index (χ4n) is 4.73.